The van der Waals surface area contributed by atoms with Crippen LogP contribution in [0, 0.1) is 23.7 Å². The Kier molecular flexibility index (Phi) is 8.42. The Morgan fingerprint density at radius 2 is 1.71 bits per heavy atom. The Balaban J connectivity index is 1.31. The summed E-state index contributed by atoms with van der Waals surface area (Å²) in [6.07, 6.45) is 9.26. The molecule has 4 atom stereocenters. The van der Waals surface area contributed by atoms with Gasteiger partial charge in [-0.15, -0.1) is 0 Å². The van der Waals surface area contributed by atoms with Crippen molar-refractivity contribution in [2.24, 2.45) is 23.7 Å². The van der Waals surface area contributed by atoms with Crippen LogP contribution < -0.4 is 0 Å². The van der Waals surface area contributed by atoms with Gasteiger partial charge in [-0.3, -0.25) is 14.5 Å². The summed E-state index contributed by atoms with van der Waals surface area (Å²) in [6, 6.07) is 17.4. The van der Waals surface area contributed by atoms with Crippen molar-refractivity contribution in [1.82, 2.24) is 4.90 Å². The molecule has 6 rings (SSSR count). The van der Waals surface area contributed by atoms with Crippen molar-refractivity contribution < 1.29 is 24.4 Å². The molecule has 7 heteroatoms. The summed E-state index contributed by atoms with van der Waals surface area (Å²) >= 11 is 0. The molecular formula is C35H42BNO5. The van der Waals surface area contributed by atoms with E-state index in [-0.39, 0.29) is 47.5 Å². The number of aromatic hydroxyl groups is 1. The fourth-order valence-electron chi connectivity index (χ4n) is 7.98. The molecule has 0 bridgehead atoms. The van der Waals surface area contributed by atoms with Crippen LogP contribution in [0.5, 0.6) is 5.75 Å². The van der Waals surface area contributed by atoms with Crippen LogP contribution in [0.15, 0.2) is 65.7 Å². The lowest BCUT2D eigenvalue weighted by Crippen LogP contribution is -2.47. The van der Waals surface area contributed by atoms with Gasteiger partial charge in [0, 0.05) is 6.04 Å². The number of fused-ring (bicyclic) bond motifs is 3. The lowest BCUT2D eigenvalue weighted by atomic mass is 9.57. The van der Waals surface area contributed by atoms with Gasteiger partial charge in [0.1, 0.15) is 5.75 Å². The molecule has 4 aliphatic rings. The van der Waals surface area contributed by atoms with Gasteiger partial charge in [-0.05, 0) is 84.7 Å². The Hall–Kier alpha value is -3.16. The molecule has 2 aliphatic carbocycles. The monoisotopic (exact) mass is 567 g/mol. The van der Waals surface area contributed by atoms with Crippen molar-refractivity contribution in [3.8, 4) is 5.75 Å². The van der Waals surface area contributed by atoms with Crippen LogP contribution in [0.25, 0.3) is 11.6 Å². The standard InChI is InChI=1S/C35H42BNO5/c1-22(2)28-20-29-33(35(40)37(34(29)39)26-11-7-4-8-12-26)30-21-36(41)42-31(32(28)30)18-15-25(24-9-5-3-6-10-24)19-23-13-16-27(38)17-14-23/h3,5-6,9-10,13-14,16-17,19,22,26,29-31,33,38,41H,4,7-8,11-12,15,18,20-21H2,1-2H3/b25-19-/t29-,30+,31-,33-/m1/s1. The third-order valence-corrected chi connectivity index (χ3v) is 9.97. The minimum Gasteiger partial charge on any atom is -0.508 e. The van der Waals surface area contributed by atoms with E-state index in [2.05, 4.69) is 32.1 Å². The van der Waals surface area contributed by atoms with Crippen molar-refractivity contribution in [1.29, 1.82) is 0 Å². The zero-order chi connectivity index (χ0) is 29.4. The molecule has 6 nitrogen and oxygen atoms in total. The molecule has 2 amide bonds. The molecule has 2 N–H and O–H groups in total. The summed E-state index contributed by atoms with van der Waals surface area (Å²) in [6.45, 7) is 4.34. The van der Waals surface area contributed by atoms with Crippen LogP contribution >= 0.6 is 0 Å². The molecule has 2 aromatic carbocycles. The molecule has 0 unspecified atom stereocenters. The van der Waals surface area contributed by atoms with Crippen molar-refractivity contribution >= 4 is 30.6 Å². The van der Waals surface area contributed by atoms with Crippen LogP contribution in [-0.4, -0.2) is 46.1 Å². The average molecular weight is 568 g/mol. The number of carbonyl (C=O) groups excluding carboxylic acids is 2. The number of phenols is 1. The van der Waals surface area contributed by atoms with Crippen LogP contribution in [-0.2, 0) is 14.2 Å². The molecular weight excluding hydrogens is 525 g/mol. The molecule has 2 saturated heterocycles. The van der Waals surface area contributed by atoms with Crippen LogP contribution in [0.2, 0.25) is 6.32 Å². The lowest BCUT2D eigenvalue weighted by Gasteiger charge is -2.44. The molecule has 0 aromatic heterocycles. The summed E-state index contributed by atoms with van der Waals surface area (Å²) in [5.41, 5.74) is 5.63. The molecule has 0 spiro atoms. The van der Waals surface area contributed by atoms with E-state index in [1.165, 1.54) is 12.0 Å². The van der Waals surface area contributed by atoms with E-state index in [9.17, 15) is 19.7 Å². The molecule has 0 radical (unpaired) electrons. The van der Waals surface area contributed by atoms with Gasteiger partial charge >= 0.3 is 7.12 Å². The molecule has 42 heavy (non-hydrogen) atoms. The first-order valence-electron chi connectivity index (χ1n) is 15.8. The van der Waals surface area contributed by atoms with Gasteiger partial charge in [0.25, 0.3) is 0 Å². The topological polar surface area (TPSA) is 87.1 Å². The number of nitrogens with zero attached hydrogens (tertiary/aromatic N) is 1. The highest BCUT2D eigenvalue weighted by Gasteiger charge is 2.58. The maximum Gasteiger partial charge on any atom is 0.455 e. The quantitative estimate of drug-likeness (QED) is 0.173. The summed E-state index contributed by atoms with van der Waals surface area (Å²) in [5.74, 6) is -0.472. The highest BCUT2D eigenvalue weighted by atomic mass is 16.5. The fourth-order valence-corrected chi connectivity index (χ4v) is 7.98. The van der Waals surface area contributed by atoms with Crippen LogP contribution in [0.3, 0.4) is 0 Å². The van der Waals surface area contributed by atoms with Gasteiger partial charge in [0.05, 0.1) is 17.9 Å². The number of allylic oxidation sites excluding steroid dienone is 2. The molecule has 2 aliphatic heterocycles. The second-order valence-corrected chi connectivity index (χ2v) is 12.9. The maximum absolute atomic E-state index is 14.0. The van der Waals surface area contributed by atoms with Crippen molar-refractivity contribution in [3.05, 3.63) is 76.9 Å². The van der Waals surface area contributed by atoms with Gasteiger partial charge in [0.15, 0.2) is 0 Å². The van der Waals surface area contributed by atoms with E-state index >= 15 is 0 Å². The number of phenolic OH excluding ortho intramolecular Hbond substituents is 1. The number of likely N-dealkylation sites (tertiary alicyclic amines) is 1. The molecule has 220 valence electrons. The van der Waals surface area contributed by atoms with Crippen LogP contribution in [0.1, 0.15) is 76.3 Å². The van der Waals surface area contributed by atoms with E-state index < -0.39 is 13.0 Å². The predicted octanol–water partition coefficient (Wildman–Crippen LogP) is 6.50. The van der Waals surface area contributed by atoms with Gasteiger partial charge in [-0.25, -0.2) is 0 Å². The first kappa shape index (κ1) is 28.9. The van der Waals surface area contributed by atoms with Gasteiger partial charge < -0.3 is 14.8 Å². The minimum absolute atomic E-state index is 0.00910. The van der Waals surface area contributed by atoms with Crippen molar-refractivity contribution in [3.63, 3.8) is 0 Å². The second-order valence-electron chi connectivity index (χ2n) is 12.9. The number of carbonyl (C=O) groups is 2. The molecule has 2 heterocycles. The number of rotatable bonds is 7. The van der Waals surface area contributed by atoms with E-state index in [1.54, 1.807) is 17.0 Å². The SMILES string of the molecule is CC(C)C1=C2[C@@H](CC/C(=C/c3ccc(O)cc3)c3ccccc3)OB(O)C[C@@H]2[C@@H]2C(=O)N(C3CCCCC3)C(=O)[C@@H]2C1. The van der Waals surface area contributed by atoms with Gasteiger partial charge in [0.2, 0.25) is 11.8 Å². The highest BCUT2D eigenvalue weighted by molar-refractivity contribution is 6.43. The van der Waals surface area contributed by atoms with E-state index in [1.807, 2.05) is 30.3 Å². The molecule has 1 saturated carbocycles. The van der Waals surface area contributed by atoms with Crippen molar-refractivity contribution in [2.75, 3.05) is 0 Å². The Morgan fingerprint density at radius 1 is 1.00 bits per heavy atom. The Labute approximate surface area is 249 Å². The number of benzene rings is 2. The smallest absolute Gasteiger partial charge is 0.455 e. The zero-order valence-electron chi connectivity index (χ0n) is 24.7. The number of imide groups is 1. The maximum atomic E-state index is 14.0. The normalized spacial score (nSPS) is 27.1. The Morgan fingerprint density at radius 3 is 2.40 bits per heavy atom. The number of hydrogen-bond donors (Lipinski definition) is 2. The average Bonchev–Trinajstić information content (AvgIpc) is 3.25. The first-order chi connectivity index (χ1) is 20.3. The second kappa shape index (κ2) is 12.2. The first-order valence-corrected chi connectivity index (χ1v) is 15.8. The third kappa shape index (κ3) is 5.61. The van der Waals surface area contributed by atoms with Crippen LogP contribution in [0.4, 0.5) is 0 Å². The van der Waals surface area contributed by atoms with Gasteiger partial charge in [-0.2, -0.15) is 0 Å². The highest BCUT2D eigenvalue weighted by Crippen LogP contribution is 2.53. The third-order valence-electron chi connectivity index (χ3n) is 9.97. The summed E-state index contributed by atoms with van der Waals surface area (Å²) < 4.78 is 6.27. The summed E-state index contributed by atoms with van der Waals surface area (Å²) in [7, 11) is -0.969. The van der Waals surface area contributed by atoms with E-state index in [0.717, 1.165) is 48.0 Å². The largest absolute Gasteiger partial charge is 0.508 e. The summed E-state index contributed by atoms with van der Waals surface area (Å²) in [4.78, 5) is 29.4. The zero-order valence-corrected chi connectivity index (χ0v) is 24.7. The van der Waals surface area contributed by atoms with Crippen molar-refractivity contribution in [2.45, 2.75) is 83.7 Å². The predicted molar refractivity (Wildman–Crippen MR) is 165 cm³/mol. The minimum atomic E-state index is -0.969. The number of hydrogen-bond acceptors (Lipinski definition) is 5. The lowest BCUT2D eigenvalue weighted by molar-refractivity contribution is -0.143. The molecule has 3 fully saturated rings. The number of amides is 2. The van der Waals surface area contributed by atoms with Gasteiger partial charge in [-0.1, -0.05) is 87.2 Å². The summed E-state index contributed by atoms with van der Waals surface area (Å²) in [5, 5.41) is 20.7. The Bertz CT molecular complexity index is 1360. The molecule has 2 aromatic rings. The van der Waals surface area contributed by atoms with E-state index in [0.29, 0.717) is 25.6 Å². The van der Waals surface area contributed by atoms with E-state index in [4.69, 9.17) is 4.65 Å². The fraction of sp³-hybridized carbons (Fsp3) is 0.486.